The van der Waals surface area contributed by atoms with E-state index >= 15 is 0 Å². The van der Waals surface area contributed by atoms with E-state index in [1.165, 1.54) is 11.1 Å². The van der Waals surface area contributed by atoms with Gasteiger partial charge in [0, 0.05) is 16.2 Å². The highest BCUT2D eigenvalue weighted by molar-refractivity contribution is 7.85. The smallest absolute Gasteiger partial charge is 0.0564 e. The number of nitrogens with one attached hydrogen (secondary N) is 1. The van der Waals surface area contributed by atoms with Crippen LogP contribution in [0.3, 0.4) is 0 Å². The molecule has 2 nitrogen and oxygen atoms in total. The summed E-state index contributed by atoms with van der Waals surface area (Å²) in [5.41, 5.74) is 2.50. The Morgan fingerprint density at radius 1 is 1.22 bits per heavy atom. The van der Waals surface area contributed by atoms with Gasteiger partial charge in [-0.3, -0.25) is 4.21 Å². The van der Waals surface area contributed by atoms with Gasteiger partial charge in [0.2, 0.25) is 0 Å². The van der Waals surface area contributed by atoms with Crippen molar-refractivity contribution in [2.24, 2.45) is 5.92 Å². The van der Waals surface area contributed by atoms with Crippen molar-refractivity contribution >= 4 is 10.8 Å². The SMILES string of the molecule is CNC1CCC(S(=O)c2ccc(C)c(C)c2)C1C. The monoisotopic (exact) mass is 265 g/mol. The molecule has 100 valence electrons. The first-order chi connectivity index (χ1) is 8.54. The maximum absolute atomic E-state index is 12.7. The molecule has 0 aromatic heterocycles. The van der Waals surface area contributed by atoms with Crippen LogP contribution in [0, 0.1) is 19.8 Å². The molecular formula is C15H23NOS. The molecule has 0 radical (unpaired) electrons. The first-order valence-electron chi connectivity index (χ1n) is 6.69. The summed E-state index contributed by atoms with van der Waals surface area (Å²) in [5.74, 6) is 0.484. The third kappa shape index (κ3) is 2.52. The van der Waals surface area contributed by atoms with Crippen LogP contribution >= 0.6 is 0 Å². The molecule has 1 aliphatic rings. The molecule has 0 heterocycles. The van der Waals surface area contributed by atoms with Crippen LogP contribution < -0.4 is 5.32 Å². The van der Waals surface area contributed by atoms with Crippen LogP contribution in [-0.4, -0.2) is 22.5 Å². The summed E-state index contributed by atoms with van der Waals surface area (Å²) in [4.78, 5) is 0.992. The average Bonchev–Trinajstić information content (AvgIpc) is 2.73. The van der Waals surface area contributed by atoms with Gasteiger partial charge in [-0.05, 0) is 62.9 Å². The fraction of sp³-hybridized carbons (Fsp3) is 0.600. The molecule has 1 fully saturated rings. The molecule has 18 heavy (non-hydrogen) atoms. The quantitative estimate of drug-likeness (QED) is 0.910. The molecule has 0 saturated heterocycles. The maximum atomic E-state index is 12.7. The van der Waals surface area contributed by atoms with E-state index in [1.54, 1.807) is 0 Å². The average molecular weight is 265 g/mol. The topological polar surface area (TPSA) is 29.1 Å². The van der Waals surface area contributed by atoms with Crippen molar-refractivity contribution in [3.63, 3.8) is 0 Å². The van der Waals surface area contributed by atoms with Gasteiger partial charge in [0.15, 0.2) is 0 Å². The van der Waals surface area contributed by atoms with E-state index < -0.39 is 10.8 Å². The van der Waals surface area contributed by atoms with E-state index in [-0.39, 0.29) is 0 Å². The molecule has 1 aromatic rings. The van der Waals surface area contributed by atoms with Crippen LogP contribution in [-0.2, 0) is 10.8 Å². The van der Waals surface area contributed by atoms with Gasteiger partial charge in [-0.1, -0.05) is 13.0 Å². The van der Waals surface area contributed by atoms with E-state index in [2.05, 4.69) is 38.2 Å². The summed E-state index contributed by atoms with van der Waals surface area (Å²) in [5, 5.41) is 3.63. The number of hydrogen-bond acceptors (Lipinski definition) is 2. The van der Waals surface area contributed by atoms with E-state index in [1.807, 2.05) is 13.1 Å². The Kier molecular flexibility index (Phi) is 4.23. The van der Waals surface area contributed by atoms with E-state index in [4.69, 9.17) is 0 Å². The predicted octanol–water partition coefficient (Wildman–Crippen LogP) is 2.80. The molecule has 1 saturated carbocycles. The van der Waals surface area contributed by atoms with Crippen molar-refractivity contribution in [2.45, 2.75) is 49.8 Å². The molecule has 4 unspecified atom stereocenters. The largest absolute Gasteiger partial charge is 0.317 e. The third-order valence-corrected chi connectivity index (χ3v) is 6.27. The van der Waals surface area contributed by atoms with Gasteiger partial charge < -0.3 is 5.32 Å². The van der Waals surface area contributed by atoms with Crippen LogP contribution in [0.25, 0.3) is 0 Å². The second-order valence-electron chi connectivity index (χ2n) is 5.41. The number of rotatable bonds is 3. The molecule has 1 N–H and O–H groups in total. The Morgan fingerprint density at radius 3 is 2.50 bits per heavy atom. The Labute approximate surface area is 113 Å². The maximum Gasteiger partial charge on any atom is 0.0564 e. The summed E-state index contributed by atoms with van der Waals surface area (Å²) in [6.45, 7) is 6.40. The zero-order valence-corrected chi connectivity index (χ0v) is 12.5. The first-order valence-corrected chi connectivity index (χ1v) is 7.91. The molecule has 4 atom stereocenters. The second kappa shape index (κ2) is 5.54. The van der Waals surface area contributed by atoms with Crippen molar-refractivity contribution < 1.29 is 4.21 Å². The zero-order valence-electron chi connectivity index (χ0n) is 11.7. The van der Waals surface area contributed by atoms with E-state index in [0.717, 1.165) is 17.7 Å². The molecule has 0 bridgehead atoms. The number of hydrogen-bond donors (Lipinski definition) is 1. The Balaban J connectivity index is 2.19. The Morgan fingerprint density at radius 2 is 1.94 bits per heavy atom. The lowest BCUT2D eigenvalue weighted by Gasteiger charge is -2.20. The van der Waals surface area contributed by atoms with Crippen LogP contribution in [0.5, 0.6) is 0 Å². The van der Waals surface area contributed by atoms with Crippen molar-refractivity contribution in [3.8, 4) is 0 Å². The summed E-state index contributed by atoms with van der Waals surface area (Å²) in [6.07, 6.45) is 2.20. The summed E-state index contributed by atoms with van der Waals surface area (Å²) >= 11 is 0. The van der Waals surface area contributed by atoms with Gasteiger partial charge in [0.05, 0.1) is 10.8 Å². The van der Waals surface area contributed by atoms with Gasteiger partial charge in [-0.25, -0.2) is 0 Å². The number of benzene rings is 1. The predicted molar refractivity (Wildman–Crippen MR) is 77.4 cm³/mol. The minimum Gasteiger partial charge on any atom is -0.317 e. The Hall–Kier alpha value is -0.670. The van der Waals surface area contributed by atoms with Gasteiger partial charge in [-0.15, -0.1) is 0 Å². The molecule has 1 aromatic carbocycles. The van der Waals surface area contributed by atoms with Gasteiger partial charge in [0.1, 0.15) is 0 Å². The molecular weight excluding hydrogens is 242 g/mol. The fourth-order valence-electron chi connectivity index (χ4n) is 2.85. The molecule has 0 spiro atoms. The molecule has 2 rings (SSSR count). The lowest BCUT2D eigenvalue weighted by atomic mass is 10.1. The zero-order chi connectivity index (χ0) is 13.3. The van der Waals surface area contributed by atoms with Gasteiger partial charge in [0.25, 0.3) is 0 Å². The van der Waals surface area contributed by atoms with Crippen molar-refractivity contribution in [1.82, 2.24) is 5.32 Å². The lowest BCUT2D eigenvalue weighted by molar-refractivity contribution is 0.460. The third-order valence-electron chi connectivity index (χ3n) is 4.34. The lowest BCUT2D eigenvalue weighted by Crippen LogP contribution is -2.32. The second-order valence-corrected chi connectivity index (χ2v) is 7.09. The highest BCUT2D eigenvalue weighted by Gasteiger charge is 2.36. The first kappa shape index (κ1) is 13.8. The summed E-state index contributed by atoms with van der Waals surface area (Å²) in [7, 11) is 1.13. The van der Waals surface area contributed by atoms with Crippen molar-refractivity contribution in [2.75, 3.05) is 7.05 Å². The summed E-state index contributed by atoms with van der Waals surface area (Å²) in [6, 6.07) is 6.71. The van der Waals surface area contributed by atoms with Crippen LogP contribution in [0.15, 0.2) is 23.1 Å². The molecule has 1 aliphatic carbocycles. The van der Waals surface area contributed by atoms with Crippen LogP contribution in [0.1, 0.15) is 30.9 Å². The van der Waals surface area contributed by atoms with Crippen molar-refractivity contribution in [3.05, 3.63) is 29.3 Å². The van der Waals surface area contributed by atoms with Crippen LogP contribution in [0.2, 0.25) is 0 Å². The normalized spacial score (nSPS) is 29.4. The van der Waals surface area contributed by atoms with E-state index in [0.29, 0.717) is 17.2 Å². The molecule has 0 aliphatic heterocycles. The Bertz CT molecular complexity index is 458. The fourth-order valence-corrected chi connectivity index (χ4v) is 4.63. The molecule has 3 heteroatoms. The van der Waals surface area contributed by atoms with E-state index in [9.17, 15) is 4.21 Å². The van der Waals surface area contributed by atoms with Gasteiger partial charge in [-0.2, -0.15) is 0 Å². The number of aryl methyl sites for hydroxylation is 2. The minimum atomic E-state index is -0.870. The van der Waals surface area contributed by atoms with Crippen LogP contribution in [0.4, 0.5) is 0 Å². The van der Waals surface area contributed by atoms with Crippen molar-refractivity contribution in [1.29, 1.82) is 0 Å². The highest BCUT2D eigenvalue weighted by atomic mass is 32.2. The highest BCUT2D eigenvalue weighted by Crippen LogP contribution is 2.32. The minimum absolute atomic E-state index is 0.296. The molecule has 0 amide bonds. The van der Waals surface area contributed by atoms with Gasteiger partial charge >= 0.3 is 0 Å². The standard InChI is InChI=1S/C15H23NOS/c1-10-5-6-13(9-11(10)2)18(17)15-8-7-14(16-4)12(15)3/h5-6,9,12,14-16H,7-8H2,1-4H3. The summed E-state index contributed by atoms with van der Waals surface area (Å²) < 4.78 is 12.7.